The number of carbonyl (C=O) groups excluding carboxylic acids is 1. The van der Waals surface area contributed by atoms with Crippen LogP contribution in [-0.2, 0) is 11.2 Å². The molecule has 4 heterocycles. The van der Waals surface area contributed by atoms with E-state index in [1.165, 1.54) is 11.3 Å². The van der Waals surface area contributed by atoms with Gasteiger partial charge in [0.1, 0.15) is 11.9 Å². The van der Waals surface area contributed by atoms with Crippen LogP contribution in [0.5, 0.6) is 10.9 Å². The number of carbonyl (C=O) groups is 1. The van der Waals surface area contributed by atoms with E-state index in [1.54, 1.807) is 24.5 Å². The van der Waals surface area contributed by atoms with Crippen molar-refractivity contribution in [3.8, 4) is 10.9 Å². The van der Waals surface area contributed by atoms with Crippen LogP contribution in [-0.4, -0.2) is 56.6 Å². The predicted molar refractivity (Wildman–Crippen MR) is 116 cm³/mol. The molecule has 162 valence electrons. The SMILES string of the molecule is CC(C)Oc1ccnc(CC(=O)Nc2nnc(O[C@@H]3CCN(c4cccnn4)C3)s2)c1. The minimum Gasteiger partial charge on any atom is -0.491 e. The van der Waals surface area contributed by atoms with Crippen LogP contribution in [0.15, 0.2) is 36.7 Å². The van der Waals surface area contributed by atoms with Gasteiger partial charge in [0, 0.05) is 31.4 Å². The highest BCUT2D eigenvalue weighted by Gasteiger charge is 2.26. The maximum atomic E-state index is 12.4. The van der Waals surface area contributed by atoms with Crippen molar-refractivity contribution in [2.75, 3.05) is 23.3 Å². The number of amides is 1. The monoisotopic (exact) mass is 441 g/mol. The molecule has 1 saturated heterocycles. The Labute approximate surface area is 183 Å². The Morgan fingerprint density at radius 3 is 3.00 bits per heavy atom. The fourth-order valence-corrected chi connectivity index (χ4v) is 3.85. The van der Waals surface area contributed by atoms with Gasteiger partial charge in [-0.2, -0.15) is 5.10 Å². The molecule has 1 atom stereocenters. The van der Waals surface area contributed by atoms with Crippen molar-refractivity contribution >= 4 is 28.2 Å². The number of ether oxygens (including phenoxy) is 2. The molecule has 4 rings (SSSR count). The van der Waals surface area contributed by atoms with Gasteiger partial charge in [-0.05, 0) is 43.4 Å². The Morgan fingerprint density at radius 2 is 2.19 bits per heavy atom. The van der Waals surface area contributed by atoms with E-state index in [0.29, 0.717) is 28.3 Å². The summed E-state index contributed by atoms with van der Waals surface area (Å²) in [6, 6.07) is 7.31. The predicted octanol–water partition coefficient (Wildman–Crippen LogP) is 2.35. The number of hydrogen-bond donors (Lipinski definition) is 1. The molecule has 1 N–H and O–H groups in total. The molecule has 0 spiro atoms. The summed E-state index contributed by atoms with van der Waals surface area (Å²) in [5.74, 6) is 1.29. The lowest BCUT2D eigenvalue weighted by molar-refractivity contribution is -0.115. The van der Waals surface area contributed by atoms with Crippen molar-refractivity contribution in [3.63, 3.8) is 0 Å². The van der Waals surface area contributed by atoms with Crippen LogP contribution < -0.4 is 19.7 Å². The lowest BCUT2D eigenvalue weighted by atomic mass is 10.2. The zero-order valence-corrected chi connectivity index (χ0v) is 18.1. The van der Waals surface area contributed by atoms with E-state index in [0.717, 1.165) is 18.8 Å². The number of hydrogen-bond acceptors (Lipinski definition) is 10. The second kappa shape index (κ2) is 9.65. The largest absolute Gasteiger partial charge is 0.491 e. The molecule has 1 aliphatic rings. The van der Waals surface area contributed by atoms with E-state index in [1.807, 2.05) is 26.0 Å². The number of pyridine rings is 1. The highest BCUT2D eigenvalue weighted by Crippen LogP contribution is 2.26. The van der Waals surface area contributed by atoms with Crippen molar-refractivity contribution in [3.05, 3.63) is 42.4 Å². The highest BCUT2D eigenvalue weighted by atomic mass is 32.1. The molecule has 1 fully saturated rings. The van der Waals surface area contributed by atoms with Gasteiger partial charge in [-0.1, -0.05) is 5.10 Å². The van der Waals surface area contributed by atoms with E-state index in [2.05, 4.69) is 35.6 Å². The van der Waals surface area contributed by atoms with Crippen molar-refractivity contribution in [2.45, 2.75) is 38.9 Å². The summed E-state index contributed by atoms with van der Waals surface area (Å²) < 4.78 is 11.6. The summed E-state index contributed by atoms with van der Waals surface area (Å²) in [7, 11) is 0. The standard InChI is InChI=1S/C20H23N7O3S/c1-13(2)29-15-5-8-21-14(10-15)11-18(28)23-19-25-26-20(31-19)30-16-6-9-27(12-16)17-4-3-7-22-24-17/h3-5,7-8,10,13,16H,6,9,11-12H2,1-2H3,(H,23,25,28)/t16-/m1/s1. The van der Waals surface area contributed by atoms with Crippen LogP contribution in [0.25, 0.3) is 0 Å². The maximum Gasteiger partial charge on any atom is 0.296 e. The molecule has 10 nitrogen and oxygen atoms in total. The van der Waals surface area contributed by atoms with Gasteiger partial charge in [-0.25, -0.2) is 0 Å². The van der Waals surface area contributed by atoms with Crippen molar-refractivity contribution in [1.82, 2.24) is 25.4 Å². The Bertz CT molecular complexity index is 1010. The van der Waals surface area contributed by atoms with E-state index in [-0.39, 0.29) is 24.5 Å². The van der Waals surface area contributed by atoms with Gasteiger partial charge in [-0.15, -0.1) is 10.2 Å². The third-order valence-electron chi connectivity index (χ3n) is 4.45. The first kappa shape index (κ1) is 20.9. The molecule has 31 heavy (non-hydrogen) atoms. The van der Waals surface area contributed by atoms with Gasteiger partial charge in [0.2, 0.25) is 11.0 Å². The molecular formula is C20H23N7O3S. The third-order valence-corrected chi connectivity index (χ3v) is 5.18. The normalized spacial score (nSPS) is 15.8. The molecule has 1 amide bonds. The van der Waals surface area contributed by atoms with Crippen LogP contribution in [0.3, 0.4) is 0 Å². The molecular weight excluding hydrogens is 418 g/mol. The van der Waals surface area contributed by atoms with Gasteiger partial charge in [0.05, 0.1) is 24.8 Å². The fourth-order valence-electron chi connectivity index (χ4n) is 3.17. The summed E-state index contributed by atoms with van der Waals surface area (Å²) in [4.78, 5) is 18.7. The maximum absolute atomic E-state index is 12.4. The van der Waals surface area contributed by atoms with Crippen molar-refractivity contribution in [2.24, 2.45) is 0 Å². The molecule has 1 aliphatic heterocycles. The van der Waals surface area contributed by atoms with Crippen LogP contribution >= 0.6 is 11.3 Å². The fraction of sp³-hybridized carbons (Fsp3) is 0.400. The van der Waals surface area contributed by atoms with Gasteiger partial charge in [-0.3, -0.25) is 9.78 Å². The number of anilines is 2. The first-order chi connectivity index (χ1) is 15.0. The molecule has 11 heteroatoms. The Hall–Kier alpha value is -3.34. The van der Waals surface area contributed by atoms with Gasteiger partial charge in [0.25, 0.3) is 5.19 Å². The average Bonchev–Trinajstić information content (AvgIpc) is 3.38. The number of nitrogens with one attached hydrogen (secondary N) is 1. The van der Waals surface area contributed by atoms with Crippen molar-refractivity contribution in [1.29, 1.82) is 0 Å². The van der Waals surface area contributed by atoms with Crippen LogP contribution in [0, 0.1) is 0 Å². The molecule has 0 unspecified atom stereocenters. The molecule has 0 aromatic carbocycles. The van der Waals surface area contributed by atoms with Crippen LogP contribution in [0.4, 0.5) is 10.9 Å². The number of rotatable bonds is 8. The Balaban J connectivity index is 1.28. The molecule has 0 radical (unpaired) electrons. The molecule has 3 aromatic heterocycles. The molecule has 0 aliphatic carbocycles. The van der Waals surface area contributed by atoms with E-state index in [9.17, 15) is 4.79 Å². The molecule has 0 saturated carbocycles. The van der Waals surface area contributed by atoms with Crippen LogP contribution in [0.2, 0.25) is 0 Å². The average molecular weight is 442 g/mol. The summed E-state index contributed by atoms with van der Waals surface area (Å²) in [6.45, 7) is 5.42. The highest BCUT2D eigenvalue weighted by molar-refractivity contribution is 7.17. The van der Waals surface area contributed by atoms with Gasteiger partial charge < -0.3 is 19.7 Å². The van der Waals surface area contributed by atoms with Crippen LogP contribution in [0.1, 0.15) is 26.0 Å². The minimum absolute atomic E-state index is 0.0218. The minimum atomic E-state index is -0.230. The van der Waals surface area contributed by atoms with Gasteiger partial charge in [0.15, 0.2) is 5.82 Å². The number of aromatic nitrogens is 5. The second-order valence-electron chi connectivity index (χ2n) is 7.30. The number of nitrogens with zero attached hydrogens (tertiary/aromatic N) is 6. The summed E-state index contributed by atoms with van der Waals surface area (Å²) in [5, 5.41) is 19.6. The summed E-state index contributed by atoms with van der Waals surface area (Å²) in [6.07, 6.45) is 4.27. The van der Waals surface area contributed by atoms with E-state index < -0.39 is 0 Å². The lowest BCUT2D eigenvalue weighted by Crippen LogP contribution is -2.25. The zero-order valence-electron chi connectivity index (χ0n) is 17.3. The Kier molecular flexibility index (Phi) is 6.51. The molecule has 0 bridgehead atoms. The summed E-state index contributed by atoms with van der Waals surface area (Å²) in [5.41, 5.74) is 0.617. The third kappa shape index (κ3) is 5.85. The van der Waals surface area contributed by atoms with E-state index >= 15 is 0 Å². The first-order valence-electron chi connectivity index (χ1n) is 9.99. The quantitative estimate of drug-likeness (QED) is 0.562. The first-order valence-corrected chi connectivity index (χ1v) is 10.8. The summed E-state index contributed by atoms with van der Waals surface area (Å²) >= 11 is 1.20. The Morgan fingerprint density at radius 1 is 1.29 bits per heavy atom. The lowest BCUT2D eigenvalue weighted by Gasteiger charge is -2.16. The smallest absolute Gasteiger partial charge is 0.296 e. The second-order valence-corrected chi connectivity index (χ2v) is 8.24. The van der Waals surface area contributed by atoms with Gasteiger partial charge >= 0.3 is 0 Å². The van der Waals surface area contributed by atoms with Crippen molar-refractivity contribution < 1.29 is 14.3 Å². The molecule has 3 aromatic rings. The topological polar surface area (TPSA) is 115 Å². The van der Waals surface area contributed by atoms with E-state index in [4.69, 9.17) is 9.47 Å². The zero-order chi connectivity index (χ0) is 21.6.